The molecule has 2 aromatic rings. The normalized spacial score (nSPS) is 12.7. The van der Waals surface area contributed by atoms with Crippen molar-refractivity contribution in [1.82, 2.24) is 10.3 Å². The SMILES string of the molecule is COCC(O)CNCc1cc2ccccc2[nH]c1=O. The summed E-state index contributed by atoms with van der Waals surface area (Å²) in [7, 11) is 1.54. The van der Waals surface area contributed by atoms with E-state index < -0.39 is 6.10 Å². The van der Waals surface area contributed by atoms with E-state index in [0.717, 1.165) is 10.9 Å². The molecule has 0 aliphatic rings. The van der Waals surface area contributed by atoms with E-state index in [-0.39, 0.29) is 12.2 Å². The number of H-pyrrole nitrogens is 1. The predicted molar refractivity (Wildman–Crippen MR) is 74.2 cm³/mol. The van der Waals surface area contributed by atoms with Crippen molar-refractivity contribution in [2.75, 3.05) is 20.3 Å². The van der Waals surface area contributed by atoms with E-state index >= 15 is 0 Å². The Hall–Kier alpha value is -1.69. The average molecular weight is 262 g/mol. The van der Waals surface area contributed by atoms with Gasteiger partial charge in [0.25, 0.3) is 5.56 Å². The highest BCUT2D eigenvalue weighted by molar-refractivity contribution is 5.78. The molecule has 5 heteroatoms. The molecular formula is C14H18N2O3. The van der Waals surface area contributed by atoms with Gasteiger partial charge in [-0.25, -0.2) is 0 Å². The number of nitrogens with one attached hydrogen (secondary N) is 2. The van der Waals surface area contributed by atoms with Gasteiger partial charge in [0.1, 0.15) is 0 Å². The quantitative estimate of drug-likeness (QED) is 0.713. The highest BCUT2D eigenvalue weighted by Crippen LogP contribution is 2.09. The fourth-order valence-corrected chi connectivity index (χ4v) is 1.95. The number of fused-ring (bicyclic) bond motifs is 1. The number of benzene rings is 1. The summed E-state index contributed by atoms with van der Waals surface area (Å²) < 4.78 is 4.83. The molecule has 3 N–H and O–H groups in total. The van der Waals surface area contributed by atoms with E-state index in [1.54, 1.807) is 0 Å². The first-order valence-electron chi connectivity index (χ1n) is 6.19. The monoisotopic (exact) mass is 262 g/mol. The second-order valence-electron chi connectivity index (χ2n) is 4.45. The number of rotatable bonds is 6. The summed E-state index contributed by atoms with van der Waals surface area (Å²) in [6, 6.07) is 9.51. The number of pyridine rings is 1. The van der Waals surface area contributed by atoms with Crippen LogP contribution in [0.4, 0.5) is 0 Å². The molecule has 0 saturated heterocycles. The van der Waals surface area contributed by atoms with Gasteiger partial charge >= 0.3 is 0 Å². The fourth-order valence-electron chi connectivity index (χ4n) is 1.95. The Morgan fingerprint density at radius 1 is 1.42 bits per heavy atom. The van der Waals surface area contributed by atoms with Crippen molar-refractivity contribution < 1.29 is 9.84 Å². The number of aromatic amines is 1. The van der Waals surface area contributed by atoms with Gasteiger partial charge in [-0.2, -0.15) is 0 Å². The number of aliphatic hydroxyl groups excluding tert-OH is 1. The molecule has 0 saturated carbocycles. The first-order chi connectivity index (χ1) is 9.20. The van der Waals surface area contributed by atoms with E-state index in [1.807, 2.05) is 30.3 Å². The molecule has 0 aliphatic heterocycles. The summed E-state index contributed by atoms with van der Waals surface area (Å²) in [5.41, 5.74) is 1.38. The zero-order valence-corrected chi connectivity index (χ0v) is 10.8. The lowest BCUT2D eigenvalue weighted by molar-refractivity contribution is 0.0644. The molecule has 19 heavy (non-hydrogen) atoms. The Kier molecular flexibility index (Phi) is 4.68. The van der Waals surface area contributed by atoms with Gasteiger partial charge in [0.05, 0.1) is 12.7 Å². The Labute approximate surface area is 111 Å². The largest absolute Gasteiger partial charge is 0.389 e. The standard InChI is InChI=1S/C14H18N2O3/c1-19-9-12(17)8-15-7-11-6-10-4-2-3-5-13(10)16-14(11)18/h2-6,12,15,17H,7-9H2,1H3,(H,16,18). The van der Waals surface area contributed by atoms with E-state index in [0.29, 0.717) is 18.7 Å². The maximum atomic E-state index is 11.9. The fraction of sp³-hybridized carbons (Fsp3) is 0.357. The van der Waals surface area contributed by atoms with Gasteiger partial charge in [0.15, 0.2) is 0 Å². The number of aliphatic hydroxyl groups is 1. The lowest BCUT2D eigenvalue weighted by Gasteiger charge is -2.10. The predicted octanol–water partition coefficient (Wildman–Crippen LogP) is 0.625. The number of hydrogen-bond acceptors (Lipinski definition) is 4. The maximum absolute atomic E-state index is 11.9. The minimum atomic E-state index is -0.565. The second-order valence-corrected chi connectivity index (χ2v) is 4.45. The molecule has 1 aromatic heterocycles. The van der Waals surface area contributed by atoms with Crippen LogP contribution in [0.15, 0.2) is 35.1 Å². The molecule has 5 nitrogen and oxygen atoms in total. The molecule has 0 radical (unpaired) electrons. The molecule has 0 fully saturated rings. The lowest BCUT2D eigenvalue weighted by atomic mass is 10.1. The molecule has 0 bridgehead atoms. The second kappa shape index (κ2) is 6.47. The lowest BCUT2D eigenvalue weighted by Crippen LogP contribution is -2.31. The van der Waals surface area contributed by atoms with Crippen LogP contribution in [-0.2, 0) is 11.3 Å². The van der Waals surface area contributed by atoms with Gasteiger partial charge in [-0.05, 0) is 17.5 Å². The summed E-state index contributed by atoms with van der Waals surface area (Å²) in [4.78, 5) is 14.7. The number of hydrogen-bond donors (Lipinski definition) is 3. The van der Waals surface area contributed by atoms with Gasteiger partial charge in [-0.15, -0.1) is 0 Å². The zero-order valence-electron chi connectivity index (χ0n) is 10.8. The first kappa shape index (κ1) is 13.7. The van der Waals surface area contributed by atoms with Crippen LogP contribution >= 0.6 is 0 Å². The summed E-state index contributed by atoms with van der Waals surface area (Å²) in [6.07, 6.45) is -0.565. The number of ether oxygens (including phenoxy) is 1. The van der Waals surface area contributed by atoms with Crippen molar-refractivity contribution in [2.45, 2.75) is 12.6 Å². The number of methoxy groups -OCH3 is 1. The third-order valence-corrected chi connectivity index (χ3v) is 2.88. The highest BCUT2D eigenvalue weighted by Gasteiger charge is 2.05. The van der Waals surface area contributed by atoms with Crippen LogP contribution < -0.4 is 10.9 Å². The third-order valence-electron chi connectivity index (χ3n) is 2.88. The van der Waals surface area contributed by atoms with Crippen molar-refractivity contribution >= 4 is 10.9 Å². The van der Waals surface area contributed by atoms with Crippen LogP contribution in [0.2, 0.25) is 0 Å². The highest BCUT2D eigenvalue weighted by atomic mass is 16.5. The Bertz CT molecular complexity index is 595. The van der Waals surface area contributed by atoms with Crippen LogP contribution in [0, 0.1) is 0 Å². The van der Waals surface area contributed by atoms with Crippen LogP contribution in [0.1, 0.15) is 5.56 Å². The van der Waals surface area contributed by atoms with E-state index in [1.165, 1.54) is 7.11 Å². The van der Waals surface area contributed by atoms with Gasteiger partial charge < -0.3 is 20.1 Å². The maximum Gasteiger partial charge on any atom is 0.252 e. The van der Waals surface area contributed by atoms with Crippen LogP contribution in [-0.4, -0.2) is 36.5 Å². The number of para-hydroxylation sites is 1. The summed E-state index contributed by atoms with van der Waals surface area (Å²) >= 11 is 0. The average Bonchev–Trinajstić information content (AvgIpc) is 2.39. The summed E-state index contributed by atoms with van der Waals surface area (Å²) in [5.74, 6) is 0. The van der Waals surface area contributed by atoms with Crippen molar-refractivity contribution in [3.05, 3.63) is 46.2 Å². The molecule has 1 unspecified atom stereocenters. The smallest absolute Gasteiger partial charge is 0.252 e. The van der Waals surface area contributed by atoms with Crippen molar-refractivity contribution in [2.24, 2.45) is 0 Å². The molecular weight excluding hydrogens is 244 g/mol. The van der Waals surface area contributed by atoms with Crippen molar-refractivity contribution in [3.8, 4) is 0 Å². The van der Waals surface area contributed by atoms with Gasteiger partial charge in [-0.1, -0.05) is 18.2 Å². The molecule has 1 atom stereocenters. The number of aromatic nitrogens is 1. The Morgan fingerprint density at radius 2 is 2.21 bits per heavy atom. The molecule has 102 valence electrons. The molecule has 1 aromatic carbocycles. The topological polar surface area (TPSA) is 74.3 Å². The van der Waals surface area contributed by atoms with E-state index in [2.05, 4.69) is 10.3 Å². The minimum Gasteiger partial charge on any atom is -0.389 e. The van der Waals surface area contributed by atoms with Gasteiger partial charge in [-0.3, -0.25) is 4.79 Å². The summed E-state index contributed by atoms with van der Waals surface area (Å²) in [5, 5.41) is 13.5. The third kappa shape index (κ3) is 3.64. The minimum absolute atomic E-state index is 0.104. The van der Waals surface area contributed by atoms with Crippen molar-refractivity contribution in [3.63, 3.8) is 0 Å². The van der Waals surface area contributed by atoms with Gasteiger partial charge in [0, 0.05) is 31.3 Å². The van der Waals surface area contributed by atoms with Crippen molar-refractivity contribution in [1.29, 1.82) is 0 Å². The van der Waals surface area contributed by atoms with Crippen LogP contribution in [0.5, 0.6) is 0 Å². The zero-order chi connectivity index (χ0) is 13.7. The van der Waals surface area contributed by atoms with Crippen LogP contribution in [0.25, 0.3) is 10.9 Å². The van der Waals surface area contributed by atoms with E-state index in [9.17, 15) is 9.90 Å². The molecule has 2 rings (SSSR count). The first-order valence-corrected chi connectivity index (χ1v) is 6.19. The van der Waals surface area contributed by atoms with Crippen LogP contribution in [0.3, 0.4) is 0 Å². The molecule has 0 spiro atoms. The molecule has 0 aliphatic carbocycles. The Balaban J connectivity index is 2.04. The van der Waals surface area contributed by atoms with E-state index in [4.69, 9.17) is 4.74 Å². The summed E-state index contributed by atoms with van der Waals surface area (Å²) in [6.45, 7) is 1.09. The molecule has 0 amide bonds. The Morgan fingerprint density at radius 3 is 3.00 bits per heavy atom. The van der Waals surface area contributed by atoms with Gasteiger partial charge in [0.2, 0.25) is 0 Å². The molecule has 1 heterocycles.